The summed E-state index contributed by atoms with van der Waals surface area (Å²) in [6.07, 6.45) is 1.16. The summed E-state index contributed by atoms with van der Waals surface area (Å²) < 4.78 is 0. The number of hydrogen-bond donors (Lipinski definition) is 1. The molecule has 1 aromatic carbocycles. The first-order chi connectivity index (χ1) is 9.65. The monoisotopic (exact) mass is 275 g/mol. The molecule has 2 rings (SSSR count). The zero-order valence-corrected chi connectivity index (χ0v) is 13.2. The quantitative estimate of drug-likeness (QED) is 0.894. The molecule has 1 heterocycles. The molecule has 112 valence electrons. The molecule has 1 unspecified atom stereocenters. The molecule has 1 aliphatic heterocycles. The van der Waals surface area contributed by atoms with Crippen LogP contribution < -0.4 is 5.73 Å². The number of benzene rings is 1. The topological polar surface area (TPSA) is 32.5 Å². The zero-order chi connectivity index (χ0) is 14.5. The lowest BCUT2D eigenvalue weighted by Gasteiger charge is -2.39. The molecular weight excluding hydrogens is 246 g/mol. The minimum atomic E-state index is 0.567. The summed E-state index contributed by atoms with van der Waals surface area (Å²) in [5.74, 6) is 0. The highest BCUT2D eigenvalue weighted by Crippen LogP contribution is 2.17. The van der Waals surface area contributed by atoms with Gasteiger partial charge < -0.3 is 5.73 Å². The van der Waals surface area contributed by atoms with E-state index >= 15 is 0 Å². The van der Waals surface area contributed by atoms with Crippen molar-refractivity contribution >= 4 is 0 Å². The molecule has 1 atom stereocenters. The second-order valence-electron chi connectivity index (χ2n) is 5.98. The minimum absolute atomic E-state index is 0.567. The summed E-state index contributed by atoms with van der Waals surface area (Å²) in [6, 6.07) is 7.16. The predicted octanol–water partition coefficient (Wildman–Crippen LogP) is 2.16. The molecule has 0 amide bonds. The van der Waals surface area contributed by atoms with Crippen LogP contribution in [0.2, 0.25) is 0 Å². The largest absolute Gasteiger partial charge is 0.329 e. The van der Waals surface area contributed by atoms with E-state index in [9.17, 15) is 0 Å². The Kier molecular flexibility index (Phi) is 5.58. The Morgan fingerprint density at radius 2 is 1.70 bits per heavy atom. The minimum Gasteiger partial charge on any atom is -0.329 e. The molecule has 0 spiro atoms. The molecule has 3 nitrogen and oxygen atoms in total. The van der Waals surface area contributed by atoms with E-state index in [2.05, 4.69) is 48.8 Å². The first-order valence-electron chi connectivity index (χ1n) is 7.87. The lowest BCUT2D eigenvalue weighted by Crippen LogP contribution is -2.51. The van der Waals surface area contributed by atoms with Crippen LogP contribution in [0.1, 0.15) is 30.0 Å². The fraction of sp³-hybridized carbons (Fsp3) is 0.647. The Labute approximate surface area is 123 Å². The van der Waals surface area contributed by atoms with Gasteiger partial charge in [-0.3, -0.25) is 9.80 Å². The van der Waals surface area contributed by atoms with Crippen LogP contribution in [0.5, 0.6) is 0 Å². The van der Waals surface area contributed by atoms with E-state index < -0.39 is 0 Å². The predicted molar refractivity (Wildman–Crippen MR) is 85.9 cm³/mol. The standard InChI is InChI=1S/C17H29N3/c1-4-16(12-18)20-10-8-19(9-11-20)13-17-14(2)6-5-7-15(17)3/h5-7,16H,4,8-13,18H2,1-3H3. The molecule has 1 aliphatic rings. The normalized spacial score (nSPS) is 19.2. The van der Waals surface area contributed by atoms with Gasteiger partial charge in [0.15, 0.2) is 0 Å². The Morgan fingerprint density at radius 1 is 1.10 bits per heavy atom. The van der Waals surface area contributed by atoms with E-state index in [4.69, 9.17) is 5.73 Å². The number of nitrogens with zero attached hydrogens (tertiary/aromatic N) is 2. The molecule has 1 aromatic rings. The van der Waals surface area contributed by atoms with Crippen molar-refractivity contribution in [2.24, 2.45) is 5.73 Å². The van der Waals surface area contributed by atoms with Crippen LogP contribution in [-0.4, -0.2) is 48.6 Å². The molecule has 0 radical (unpaired) electrons. The lowest BCUT2D eigenvalue weighted by atomic mass is 10.0. The van der Waals surface area contributed by atoms with Crippen LogP contribution in [0.25, 0.3) is 0 Å². The highest BCUT2D eigenvalue weighted by Gasteiger charge is 2.22. The Bertz CT molecular complexity index is 398. The molecule has 2 N–H and O–H groups in total. The second-order valence-corrected chi connectivity index (χ2v) is 5.98. The van der Waals surface area contributed by atoms with Crippen molar-refractivity contribution in [3.05, 3.63) is 34.9 Å². The van der Waals surface area contributed by atoms with Gasteiger partial charge in [-0.2, -0.15) is 0 Å². The van der Waals surface area contributed by atoms with E-state index in [0.717, 1.165) is 45.7 Å². The molecule has 20 heavy (non-hydrogen) atoms. The number of hydrogen-bond acceptors (Lipinski definition) is 3. The third kappa shape index (κ3) is 3.60. The Hall–Kier alpha value is -0.900. The van der Waals surface area contributed by atoms with Gasteiger partial charge in [-0.25, -0.2) is 0 Å². The average Bonchev–Trinajstić information content (AvgIpc) is 2.46. The van der Waals surface area contributed by atoms with Crippen LogP contribution >= 0.6 is 0 Å². The first kappa shape index (κ1) is 15.5. The van der Waals surface area contributed by atoms with Crippen LogP contribution in [0, 0.1) is 13.8 Å². The van der Waals surface area contributed by atoms with Gasteiger partial charge in [0.2, 0.25) is 0 Å². The highest BCUT2D eigenvalue weighted by atomic mass is 15.3. The van der Waals surface area contributed by atoms with Crippen molar-refractivity contribution in [3.8, 4) is 0 Å². The molecule has 1 saturated heterocycles. The molecule has 3 heteroatoms. The summed E-state index contributed by atoms with van der Waals surface area (Å²) in [4.78, 5) is 5.14. The number of piperazine rings is 1. The van der Waals surface area contributed by atoms with Gasteiger partial charge in [0.05, 0.1) is 0 Å². The van der Waals surface area contributed by atoms with Crippen molar-refractivity contribution in [1.29, 1.82) is 0 Å². The van der Waals surface area contributed by atoms with Gasteiger partial charge in [-0.05, 0) is 37.0 Å². The van der Waals surface area contributed by atoms with Gasteiger partial charge >= 0.3 is 0 Å². The molecule has 0 saturated carbocycles. The summed E-state index contributed by atoms with van der Waals surface area (Å²) in [5, 5.41) is 0. The molecule has 0 aromatic heterocycles. The average molecular weight is 275 g/mol. The van der Waals surface area contributed by atoms with E-state index in [-0.39, 0.29) is 0 Å². The van der Waals surface area contributed by atoms with Gasteiger partial charge in [-0.15, -0.1) is 0 Å². The Morgan fingerprint density at radius 3 is 2.20 bits per heavy atom. The Balaban J connectivity index is 1.92. The number of nitrogens with two attached hydrogens (primary N) is 1. The first-order valence-corrected chi connectivity index (χ1v) is 7.87. The van der Waals surface area contributed by atoms with Crippen LogP contribution in [0.4, 0.5) is 0 Å². The maximum atomic E-state index is 5.86. The molecule has 1 fully saturated rings. The fourth-order valence-corrected chi connectivity index (χ4v) is 3.18. The van der Waals surface area contributed by atoms with Gasteiger partial charge in [0.25, 0.3) is 0 Å². The fourth-order valence-electron chi connectivity index (χ4n) is 3.18. The SMILES string of the molecule is CCC(CN)N1CCN(Cc2c(C)cccc2C)CC1. The van der Waals surface area contributed by atoms with Crippen LogP contribution in [0.3, 0.4) is 0 Å². The number of aryl methyl sites for hydroxylation is 2. The van der Waals surface area contributed by atoms with Crippen molar-refractivity contribution in [3.63, 3.8) is 0 Å². The van der Waals surface area contributed by atoms with Gasteiger partial charge in [0, 0.05) is 45.3 Å². The molecule has 0 bridgehead atoms. The van der Waals surface area contributed by atoms with E-state index in [1.54, 1.807) is 0 Å². The maximum Gasteiger partial charge on any atom is 0.0240 e. The highest BCUT2D eigenvalue weighted by molar-refractivity contribution is 5.33. The third-order valence-corrected chi connectivity index (χ3v) is 4.69. The van der Waals surface area contributed by atoms with Crippen molar-refractivity contribution in [1.82, 2.24) is 9.80 Å². The second kappa shape index (κ2) is 7.21. The molecule has 0 aliphatic carbocycles. The van der Waals surface area contributed by atoms with E-state index in [0.29, 0.717) is 6.04 Å². The lowest BCUT2D eigenvalue weighted by molar-refractivity contribution is 0.0924. The smallest absolute Gasteiger partial charge is 0.0240 e. The van der Waals surface area contributed by atoms with Gasteiger partial charge in [0.1, 0.15) is 0 Å². The molecular formula is C17H29N3. The number of rotatable bonds is 5. The zero-order valence-electron chi connectivity index (χ0n) is 13.2. The van der Waals surface area contributed by atoms with Gasteiger partial charge in [-0.1, -0.05) is 25.1 Å². The summed E-state index contributed by atoms with van der Waals surface area (Å²) >= 11 is 0. The summed E-state index contributed by atoms with van der Waals surface area (Å²) in [7, 11) is 0. The van der Waals surface area contributed by atoms with E-state index in [1.807, 2.05) is 0 Å². The summed E-state index contributed by atoms with van der Waals surface area (Å²) in [6.45, 7) is 13.2. The summed E-state index contributed by atoms with van der Waals surface area (Å²) in [5.41, 5.74) is 10.2. The third-order valence-electron chi connectivity index (χ3n) is 4.69. The van der Waals surface area contributed by atoms with Crippen molar-refractivity contribution in [2.75, 3.05) is 32.7 Å². The van der Waals surface area contributed by atoms with Crippen molar-refractivity contribution in [2.45, 2.75) is 39.8 Å². The van der Waals surface area contributed by atoms with E-state index in [1.165, 1.54) is 16.7 Å². The van der Waals surface area contributed by atoms with Crippen molar-refractivity contribution < 1.29 is 0 Å². The van der Waals surface area contributed by atoms with Crippen LogP contribution in [0.15, 0.2) is 18.2 Å². The van der Waals surface area contributed by atoms with Crippen LogP contribution in [-0.2, 0) is 6.54 Å². The maximum absolute atomic E-state index is 5.86.